The van der Waals surface area contributed by atoms with Crippen LogP contribution in [0.4, 0.5) is 0 Å². The van der Waals surface area contributed by atoms with E-state index in [9.17, 15) is 4.79 Å². The molecule has 0 spiro atoms. The highest BCUT2D eigenvalue weighted by atomic mass is 79.9. The van der Waals surface area contributed by atoms with Gasteiger partial charge in [-0.2, -0.15) is 5.10 Å². The van der Waals surface area contributed by atoms with E-state index in [0.29, 0.717) is 17.9 Å². The van der Waals surface area contributed by atoms with Crippen molar-refractivity contribution in [3.05, 3.63) is 109 Å². The number of ether oxygens (including phenoxy) is 1. The lowest BCUT2D eigenvalue weighted by Gasteiger charge is -2.11. The molecule has 160 valence electrons. The Hall–Kier alpha value is -2.48. The molecule has 0 aromatic heterocycles. The molecular weight excluding hydrogens is 600 g/mol. The van der Waals surface area contributed by atoms with Crippen LogP contribution >= 0.6 is 47.8 Å². The molecule has 0 bridgehead atoms. The van der Waals surface area contributed by atoms with Crippen LogP contribution in [0.1, 0.15) is 21.5 Å². The number of nitrogens with one attached hydrogen (secondary N) is 1. The number of nitrogens with zero attached hydrogens (tertiary/aromatic N) is 1. The molecule has 0 atom stereocenters. The maximum atomic E-state index is 12.4. The van der Waals surface area contributed by atoms with Crippen LogP contribution in [-0.2, 0) is 6.61 Å². The number of hydrogen-bond acceptors (Lipinski definition) is 3. The summed E-state index contributed by atoms with van der Waals surface area (Å²) in [6, 6.07) is 25.2. The molecule has 7 heteroatoms. The number of carbonyl (C=O) groups excluding carboxylic acids is 1. The van der Waals surface area contributed by atoms with Gasteiger partial charge < -0.3 is 4.74 Å². The second kappa shape index (κ2) is 10.4. The summed E-state index contributed by atoms with van der Waals surface area (Å²) < 4.78 is 8.56. The lowest BCUT2D eigenvalue weighted by atomic mass is 10.1. The van der Waals surface area contributed by atoms with Crippen molar-refractivity contribution in [3.8, 4) is 5.75 Å². The topological polar surface area (TPSA) is 50.7 Å². The molecule has 0 saturated heterocycles. The van der Waals surface area contributed by atoms with Gasteiger partial charge in [0.15, 0.2) is 0 Å². The first-order valence-corrected chi connectivity index (χ1v) is 12.1. The molecule has 4 aromatic carbocycles. The van der Waals surface area contributed by atoms with Crippen LogP contribution in [0.5, 0.6) is 5.75 Å². The molecule has 0 aliphatic heterocycles. The third-order valence-corrected chi connectivity index (χ3v) is 6.42. The zero-order chi connectivity index (χ0) is 22.5. The van der Waals surface area contributed by atoms with Crippen LogP contribution in [-0.4, -0.2) is 12.1 Å². The first-order valence-electron chi connectivity index (χ1n) is 9.68. The van der Waals surface area contributed by atoms with Crippen molar-refractivity contribution < 1.29 is 9.53 Å². The van der Waals surface area contributed by atoms with E-state index in [1.807, 2.05) is 72.8 Å². The van der Waals surface area contributed by atoms with E-state index in [-0.39, 0.29) is 5.91 Å². The van der Waals surface area contributed by atoms with Crippen LogP contribution in [0.2, 0.25) is 0 Å². The minimum absolute atomic E-state index is 0.264. The van der Waals surface area contributed by atoms with Gasteiger partial charge >= 0.3 is 0 Å². The lowest BCUT2D eigenvalue weighted by molar-refractivity contribution is 0.0955. The molecule has 1 N–H and O–H groups in total. The molecule has 0 heterocycles. The summed E-state index contributed by atoms with van der Waals surface area (Å²) in [6.07, 6.45) is 1.59. The van der Waals surface area contributed by atoms with Gasteiger partial charge in [0.1, 0.15) is 12.4 Å². The molecular formula is C25H17Br3N2O2. The second-order valence-corrected chi connectivity index (χ2v) is 9.61. The van der Waals surface area contributed by atoms with E-state index >= 15 is 0 Å². The highest BCUT2D eigenvalue weighted by molar-refractivity contribution is 9.11. The number of amides is 1. The Balaban J connectivity index is 1.41. The summed E-state index contributed by atoms with van der Waals surface area (Å²) in [7, 11) is 0. The number of hydrogen-bond donors (Lipinski definition) is 1. The largest absolute Gasteiger partial charge is 0.487 e. The molecule has 0 unspecified atom stereocenters. The molecule has 1 amide bonds. The van der Waals surface area contributed by atoms with Crippen molar-refractivity contribution >= 4 is 70.7 Å². The normalized spacial score (nSPS) is 11.1. The van der Waals surface area contributed by atoms with E-state index in [0.717, 1.165) is 35.3 Å². The van der Waals surface area contributed by atoms with Crippen molar-refractivity contribution in [3.63, 3.8) is 0 Å². The van der Waals surface area contributed by atoms with E-state index in [1.165, 1.54) is 0 Å². The van der Waals surface area contributed by atoms with Gasteiger partial charge in [-0.15, -0.1) is 0 Å². The SMILES string of the molecule is O=C(N/N=C\c1cc(Br)c(OCc2ccc(Br)cc2)c(Br)c1)c1ccc2ccccc2c1. The van der Waals surface area contributed by atoms with Crippen molar-refractivity contribution in [1.82, 2.24) is 5.43 Å². The average Bonchev–Trinajstić information content (AvgIpc) is 2.79. The fourth-order valence-electron chi connectivity index (χ4n) is 3.09. The summed E-state index contributed by atoms with van der Waals surface area (Å²) in [5.41, 5.74) is 5.01. The molecule has 0 aliphatic carbocycles. The standard InChI is InChI=1S/C25H17Br3N2O2/c26-21-9-5-16(6-10-21)15-32-24-22(27)11-17(12-23(24)28)14-29-30-25(31)20-8-7-18-3-1-2-4-19(18)13-20/h1-14H,15H2,(H,30,31)/b29-14-. The molecule has 4 rings (SSSR count). The van der Waals surface area contributed by atoms with E-state index in [1.54, 1.807) is 12.3 Å². The van der Waals surface area contributed by atoms with Gasteiger partial charge in [-0.1, -0.05) is 58.4 Å². The highest BCUT2D eigenvalue weighted by Gasteiger charge is 2.10. The van der Waals surface area contributed by atoms with Gasteiger partial charge in [-0.05, 0) is 90.2 Å². The van der Waals surface area contributed by atoms with E-state index in [2.05, 4.69) is 58.3 Å². The predicted octanol–water partition coefficient (Wildman–Crippen LogP) is 7.47. The molecule has 0 fully saturated rings. The molecule has 0 radical (unpaired) electrons. The monoisotopic (exact) mass is 614 g/mol. The minimum Gasteiger partial charge on any atom is -0.487 e. The maximum Gasteiger partial charge on any atom is 0.271 e. The smallest absolute Gasteiger partial charge is 0.271 e. The summed E-state index contributed by atoms with van der Waals surface area (Å²) in [4.78, 5) is 12.4. The fraction of sp³-hybridized carbons (Fsp3) is 0.0400. The summed E-state index contributed by atoms with van der Waals surface area (Å²) in [5.74, 6) is 0.435. The van der Waals surface area contributed by atoms with E-state index in [4.69, 9.17) is 4.74 Å². The van der Waals surface area contributed by atoms with E-state index < -0.39 is 0 Å². The summed E-state index contributed by atoms with van der Waals surface area (Å²) in [5, 5.41) is 6.20. The molecule has 0 saturated carbocycles. The summed E-state index contributed by atoms with van der Waals surface area (Å²) in [6.45, 7) is 0.444. The van der Waals surface area contributed by atoms with Gasteiger partial charge in [0.25, 0.3) is 5.91 Å². The highest BCUT2D eigenvalue weighted by Crippen LogP contribution is 2.35. The van der Waals surface area contributed by atoms with Crippen molar-refractivity contribution in [1.29, 1.82) is 0 Å². The zero-order valence-corrected chi connectivity index (χ0v) is 21.4. The number of rotatable bonds is 6. The fourth-order valence-corrected chi connectivity index (χ4v) is 4.80. The zero-order valence-electron chi connectivity index (χ0n) is 16.7. The number of halogens is 3. The number of hydrazone groups is 1. The Kier molecular flexibility index (Phi) is 7.40. The average molecular weight is 617 g/mol. The van der Waals surface area contributed by atoms with Crippen LogP contribution in [0.3, 0.4) is 0 Å². The van der Waals surface area contributed by atoms with Gasteiger partial charge in [0, 0.05) is 10.0 Å². The van der Waals surface area contributed by atoms with Crippen LogP contribution < -0.4 is 10.2 Å². The lowest BCUT2D eigenvalue weighted by Crippen LogP contribution is -2.17. The molecule has 0 aliphatic rings. The first kappa shape index (κ1) is 22.7. The number of benzene rings is 4. The Bertz CT molecular complexity index is 1280. The number of carbonyl (C=O) groups is 1. The maximum absolute atomic E-state index is 12.4. The van der Waals surface area contributed by atoms with Gasteiger partial charge in [0.2, 0.25) is 0 Å². The number of fused-ring (bicyclic) bond motifs is 1. The second-order valence-electron chi connectivity index (χ2n) is 6.99. The van der Waals surface area contributed by atoms with Crippen molar-refractivity contribution in [2.75, 3.05) is 0 Å². The van der Waals surface area contributed by atoms with Gasteiger partial charge in [-0.3, -0.25) is 4.79 Å². The van der Waals surface area contributed by atoms with Crippen LogP contribution in [0.15, 0.2) is 97.4 Å². The van der Waals surface area contributed by atoms with Gasteiger partial charge in [0.05, 0.1) is 15.2 Å². The third kappa shape index (κ3) is 5.65. The van der Waals surface area contributed by atoms with Crippen molar-refractivity contribution in [2.24, 2.45) is 5.10 Å². The Morgan fingerprint density at radius 1 is 0.875 bits per heavy atom. The molecule has 4 aromatic rings. The summed E-state index contributed by atoms with van der Waals surface area (Å²) >= 11 is 10.5. The minimum atomic E-state index is -0.264. The quantitative estimate of drug-likeness (QED) is 0.180. The van der Waals surface area contributed by atoms with Gasteiger partial charge in [-0.25, -0.2) is 5.43 Å². The Morgan fingerprint density at radius 2 is 1.56 bits per heavy atom. The first-order chi connectivity index (χ1) is 15.5. The third-order valence-electron chi connectivity index (χ3n) is 4.71. The van der Waals surface area contributed by atoms with Crippen LogP contribution in [0.25, 0.3) is 10.8 Å². The predicted molar refractivity (Wildman–Crippen MR) is 139 cm³/mol. The Morgan fingerprint density at radius 3 is 2.28 bits per heavy atom. The molecule has 4 nitrogen and oxygen atoms in total. The Labute approximate surface area is 211 Å². The molecule has 32 heavy (non-hydrogen) atoms. The van der Waals surface area contributed by atoms with Crippen molar-refractivity contribution in [2.45, 2.75) is 6.61 Å². The van der Waals surface area contributed by atoms with Crippen LogP contribution in [0, 0.1) is 0 Å².